The van der Waals surface area contributed by atoms with Crippen molar-refractivity contribution in [2.75, 3.05) is 0 Å². The van der Waals surface area contributed by atoms with Gasteiger partial charge in [0.05, 0.1) is 24.1 Å². The van der Waals surface area contributed by atoms with Crippen LogP contribution in [0.3, 0.4) is 0 Å². The lowest BCUT2D eigenvalue weighted by atomic mass is 10.4. The quantitative estimate of drug-likeness (QED) is 0.453. The van der Waals surface area contributed by atoms with Gasteiger partial charge in [0.1, 0.15) is 0 Å². The second-order valence-electron chi connectivity index (χ2n) is 2.08. The van der Waals surface area contributed by atoms with Gasteiger partial charge in [0.2, 0.25) is 0 Å². The highest BCUT2D eigenvalue weighted by Crippen LogP contribution is 2.18. The van der Waals surface area contributed by atoms with Gasteiger partial charge in [-0.1, -0.05) is 6.08 Å². The Bertz CT molecular complexity index is 382. The van der Waals surface area contributed by atoms with Crippen molar-refractivity contribution in [1.82, 2.24) is 9.55 Å². The van der Waals surface area contributed by atoms with E-state index in [2.05, 4.69) is 38.8 Å². The maximum Gasteiger partial charge on any atom is 0.0908 e. The third-order valence-electron chi connectivity index (χ3n) is 1.44. The molecule has 0 saturated heterocycles. The van der Waals surface area contributed by atoms with E-state index in [0.29, 0.717) is 6.37 Å². The second kappa shape index (κ2) is 4.72. The van der Waals surface area contributed by atoms with Crippen molar-refractivity contribution in [3.63, 3.8) is 0 Å². The summed E-state index contributed by atoms with van der Waals surface area (Å²) in [6.07, 6.45) is 6.18. The minimum absolute atomic E-state index is 0.599. The lowest BCUT2D eigenvalue weighted by Gasteiger charge is -1.90. The fourth-order valence-corrected chi connectivity index (χ4v) is 2.41. The number of hydrogen-bond acceptors (Lipinski definition) is 2. The van der Waals surface area contributed by atoms with Gasteiger partial charge in [0.15, 0.2) is 0 Å². The van der Waals surface area contributed by atoms with E-state index < -0.39 is 0 Å². The summed E-state index contributed by atoms with van der Waals surface area (Å²) in [4.78, 5) is 3.74. The summed E-state index contributed by atoms with van der Waals surface area (Å²) in [5.74, 6) is 0. The van der Waals surface area contributed by atoms with Crippen LogP contribution in [0.1, 0.15) is 6.92 Å². The molecule has 5 heteroatoms. The third kappa shape index (κ3) is 1.93. The molecule has 3 nitrogen and oxygen atoms in total. The van der Waals surface area contributed by atoms with Gasteiger partial charge in [-0.3, -0.25) is 4.99 Å². The maximum absolute atomic E-state index is 4.20. The van der Waals surface area contributed by atoms with Crippen molar-refractivity contribution in [3.05, 3.63) is 16.8 Å². The molecule has 64 valence electrons. The zero-order valence-corrected chi connectivity index (χ0v) is 9.82. The van der Waals surface area contributed by atoms with Gasteiger partial charge in [-0.2, -0.15) is 5.10 Å². The van der Waals surface area contributed by atoms with Gasteiger partial charge in [0.25, 0.3) is 0 Å². The van der Waals surface area contributed by atoms with Crippen molar-refractivity contribution in [2.24, 2.45) is 4.99 Å². The largest absolute Gasteiger partial charge is 0.270 e. The SMILES string of the molecule is C=N/C=c1\c(=C/C)cnn1PI. The Kier molecular flexibility index (Phi) is 3.88. The van der Waals surface area contributed by atoms with Crippen LogP contribution in [0.2, 0.25) is 0 Å². The van der Waals surface area contributed by atoms with E-state index in [9.17, 15) is 0 Å². The Labute approximate surface area is 85.6 Å². The van der Waals surface area contributed by atoms with E-state index in [1.807, 2.05) is 23.6 Å². The molecular formula is C7H9IN3P. The van der Waals surface area contributed by atoms with Crippen LogP contribution in [0.25, 0.3) is 12.3 Å². The lowest BCUT2D eigenvalue weighted by Crippen LogP contribution is -2.25. The van der Waals surface area contributed by atoms with Crippen LogP contribution in [-0.4, -0.2) is 16.3 Å². The first kappa shape index (κ1) is 9.86. The van der Waals surface area contributed by atoms with E-state index in [1.165, 1.54) is 0 Å². The summed E-state index contributed by atoms with van der Waals surface area (Å²) in [5, 5.41) is 6.33. The van der Waals surface area contributed by atoms with E-state index in [0.717, 1.165) is 10.6 Å². The summed E-state index contributed by atoms with van der Waals surface area (Å²) in [6, 6.07) is 0. The first-order valence-corrected chi connectivity index (χ1v) is 7.42. The van der Waals surface area contributed by atoms with Crippen LogP contribution in [0.15, 0.2) is 11.2 Å². The highest BCUT2D eigenvalue weighted by Gasteiger charge is 1.93. The zero-order valence-electron chi connectivity index (χ0n) is 6.66. The Morgan fingerprint density at radius 1 is 1.83 bits per heavy atom. The predicted molar refractivity (Wildman–Crippen MR) is 63.4 cm³/mol. The molecule has 0 aliphatic heterocycles. The summed E-state index contributed by atoms with van der Waals surface area (Å²) in [7, 11) is 0. The lowest BCUT2D eigenvalue weighted by molar-refractivity contribution is 0.978. The highest BCUT2D eigenvalue weighted by atomic mass is 127. The summed E-state index contributed by atoms with van der Waals surface area (Å²) >= 11 is 2.28. The molecule has 1 aromatic heterocycles. The summed E-state index contributed by atoms with van der Waals surface area (Å²) in [6.45, 7) is 5.41. The number of rotatable bonds is 2. The molecule has 12 heavy (non-hydrogen) atoms. The average Bonchev–Trinajstić information content (AvgIpc) is 2.48. The van der Waals surface area contributed by atoms with E-state index >= 15 is 0 Å². The summed E-state index contributed by atoms with van der Waals surface area (Å²) in [5.41, 5.74) is 0. The number of aliphatic imine (C=N–C) groups is 1. The van der Waals surface area contributed by atoms with Gasteiger partial charge >= 0.3 is 0 Å². The Balaban J connectivity index is 3.47. The van der Waals surface area contributed by atoms with Gasteiger partial charge in [0, 0.05) is 5.22 Å². The molecule has 0 saturated carbocycles. The molecule has 1 unspecified atom stereocenters. The standard InChI is InChI=1S/C7H9IN3P/c1-3-6-4-10-11(12-8)7(6)5-9-2/h3-5,12H,2H2,1H3/b6-3-,7-5+. The Hall–Kier alpha value is -0.220. The second-order valence-corrected chi connectivity index (χ2v) is 4.12. The molecule has 0 amide bonds. The van der Waals surface area contributed by atoms with E-state index in [1.54, 1.807) is 6.20 Å². The third-order valence-corrected chi connectivity index (χ3v) is 3.33. The Morgan fingerprint density at radius 2 is 2.58 bits per heavy atom. The smallest absolute Gasteiger partial charge is 0.0908 e. The van der Waals surface area contributed by atoms with Gasteiger partial charge < -0.3 is 0 Å². The van der Waals surface area contributed by atoms with Crippen molar-refractivity contribution in [1.29, 1.82) is 0 Å². The van der Waals surface area contributed by atoms with Crippen LogP contribution in [-0.2, 0) is 0 Å². The molecule has 1 heterocycles. The van der Waals surface area contributed by atoms with Gasteiger partial charge in [-0.15, -0.1) is 0 Å². The molecular weight excluding hydrogens is 284 g/mol. The molecule has 1 aromatic rings. The van der Waals surface area contributed by atoms with Crippen LogP contribution < -0.4 is 10.6 Å². The average molecular weight is 293 g/mol. The molecule has 0 aliphatic rings. The number of nitrogens with zero attached hydrogens (tertiary/aromatic N) is 3. The van der Waals surface area contributed by atoms with Crippen molar-refractivity contribution >= 4 is 47.4 Å². The fraction of sp³-hybridized carbons (Fsp3) is 0.143. The van der Waals surface area contributed by atoms with E-state index in [4.69, 9.17) is 0 Å². The van der Waals surface area contributed by atoms with Gasteiger partial charge in [-0.05, 0) is 35.7 Å². The topological polar surface area (TPSA) is 30.2 Å². The molecule has 1 rings (SSSR count). The minimum atomic E-state index is 0.599. The minimum Gasteiger partial charge on any atom is -0.270 e. The number of aromatic nitrogens is 2. The highest BCUT2D eigenvalue weighted by molar-refractivity contribution is 14.2. The molecule has 1 atom stereocenters. The molecule has 0 N–H and O–H groups in total. The molecule has 0 aliphatic carbocycles. The molecule has 0 fully saturated rings. The van der Waals surface area contributed by atoms with Crippen LogP contribution in [0, 0.1) is 0 Å². The Morgan fingerprint density at radius 3 is 3.08 bits per heavy atom. The van der Waals surface area contributed by atoms with Crippen molar-refractivity contribution in [2.45, 2.75) is 6.92 Å². The first-order valence-electron chi connectivity index (χ1n) is 3.36. The van der Waals surface area contributed by atoms with Crippen molar-refractivity contribution in [3.8, 4) is 0 Å². The normalized spacial score (nSPS) is 14.8. The van der Waals surface area contributed by atoms with Gasteiger partial charge in [-0.25, -0.2) is 4.45 Å². The zero-order chi connectivity index (χ0) is 8.97. The molecule has 0 radical (unpaired) electrons. The predicted octanol–water partition coefficient (Wildman–Crippen LogP) is 0.914. The molecule has 0 aromatic carbocycles. The number of halogens is 1. The van der Waals surface area contributed by atoms with Crippen LogP contribution in [0.5, 0.6) is 0 Å². The maximum atomic E-state index is 4.20. The summed E-state index contributed by atoms with van der Waals surface area (Å²) < 4.78 is 1.91. The van der Waals surface area contributed by atoms with Crippen LogP contribution >= 0.6 is 28.4 Å². The fourth-order valence-electron chi connectivity index (χ4n) is 0.876. The molecule has 0 spiro atoms. The van der Waals surface area contributed by atoms with E-state index in [-0.39, 0.29) is 0 Å². The first-order chi connectivity index (χ1) is 5.83. The molecule has 0 bridgehead atoms. The number of hydrogen-bond donors (Lipinski definition) is 0. The monoisotopic (exact) mass is 293 g/mol. The van der Waals surface area contributed by atoms with Crippen LogP contribution in [0.4, 0.5) is 0 Å². The van der Waals surface area contributed by atoms with Crippen molar-refractivity contribution < 1.29 is 0 Å².